The zero-order valence-electron chi connectivity index (χ0n) is 18.1. The van der Waals surface area contributed by atoms with Crippen LogP contribution < -0.4 is 14.7 Å². The molecule has 4 rings (SSSR count). The van der Waals surface area contributed by atoms with Gasteiger partial charge in [-0.3, -0.25) is 9.69 Å². The van der Waals surface area contributed by atoms with Gasteiger partial charge in [0, 0.05) is 45.7 Å². The van der Waals surface area contributed by atoms with Crippen LogP contribution in [0.5, 0.6) is 0 Å². The standard InChI is InChI=1S/C23H29N5O3/c1-17(2)15-22(29)26-11-9-25(10-12-26)18-7-8-21(24-16-18)27-13-14-28(23(30)31)20-6-4-3-5-19(20)27/h3-8,16-17H,9-15H2,1-2H3,(H,30,31). The fourth-order valence-electron chi connectivity index (χ4n) is 4.22. The van der Waals surface area contributed by atoms with E-state index in [-0.39, 0.29) is 5.91 Å². The van der Waals surface area contributed by atoms with Gasteiger partial charge in [-0.05, 0) is 30.2 Å². The molecule has 1 fully saturated rings. The Morgan fingerprint density at radius 1 is 0.968 bits per heavy atom. The number of carboxylic acid groups (broad SMARTS) is 1. The van der Waals surface area contributed by atoms with Crippen molar-refractivity contribution in [2.45, 2.75) is 20.3 Å². The van der Waals surface area contributed by atoms with Crippen molar-refractivity contribution >= 4 is 34.9 Å². The molecule has 1 aromatic carbocycles. The average molecular weight is 424 g/mol. The maximum absolute atomic E-state index is 12.3. The van der Waals surface area contributed by atoms with E-state index in [2.05, 4.69) is 34.7 Å². The molecule has 0 bridgehead atoms. The summed E-state index contributed by atoms with van der Waals surface area (Å²) in [6.07, 6.45) is 1.53. The minimum Gasteiger partial charge on any atom is -0.465 e. The number of anilines is 4. The molecule has 0 radical (unpaired) electrons. The van der Waals surface area contributed by atoms with Gasteiger partial charge >= 0.3 is 6.09 Å². The van der Waals surface area contributed by atoms with E-state index in [9.17, 15) is 14.7 Å². The zero-order chi connectivity index (χ0) is 22.0. The summed E-state index contributed by atoms with van der Waals surface area (Å²) in [7, 11) is 0. The van der Waals surface area contributed by atoms with Crippen LogP contribution in [0.25, 0.3) is 0 Å². The fraction of sp³-hybridized carbons (Fsp3) is 0.435. The number of carbonyl (C=O) groups is 2. The minimum absolute atomic E-state index is 0.238. The topological polar surface area (TPSA) is 80.2 Å². The lowest BCUT2D eigenvalue weighted by Gasteiger charge is -2.37. The van der Waals surface area contributed by atoms with Crippen molar-refractivity contribution in [3.05, 3.63) is 42.6 Å². The van der Waals surface area contributed by atoms with Gasteiger partial charge in [-0.2, -0.15) is 0 Å². The molecule has 2 aromatic rings. The van der Waals surface area contributed by atoms with Gasteiger partial charge in [0.15, 0.2) is 0 Å². The first-order valence-corrected chi connectivity index (χ1v) is 10.8. The third kappa shape index (κ3) is 4.42. The minimum atomic E-state index is -0.943. The van der Waals surface area contributed by atoms with Gasteiger partial charge in [-0.25, -0.2) is 9.78 Å². The molecule has 2 aliphatic rings. The first-order chi connectivity index (χ1) is 14.9. The largest absolute Gasteiger partial charge is 0.465 e. The Balaban J connectivity index is 1.44. The smallest absolute Gasteiger partial charge is 0.411 e. The van der Waals surface area contributed by atoms with Gasteiger partial charge in [0.25, 0.3) is 0 Å². The molecular weight excluding hydrogens is 394 g/mol. The molecule has 8 nitrogen and oxygen atoms in total. The number of fused-ring (bicyclic) bond motifs is 1. The number of piperazine rings is 1. The quantitative estimate of drug-likeness (QED) is 0.812. The summed E-state index contributed by atoms with van der Waals surface area (Å²) in [5.74, 6) is 1.42. The summed E-state index contributed by atoms with van der Waals surface area (Å²) >= 11 is 0. The highest BCUT2D eigenvalue weighted by molar-refractivity contribution is 5.93. The van der Waals surface area contributed by atoms with Crippen molar-refractivity contribution in [1.82, 2.24) is 9.88 Å². The van der Waals surface area contributed by atoms with E-state index in [1.54, 1.807) is 0 Å². The Morgan fingerprint density at radius 2 is 1.68 bits per heavy atom. The van der Waals surface area contributed by atoms with E-state index in [0.29, 0.717) is 31.1 Å². The molecule has 1 saturated heterocycles. The van der Waals surface area contributed by atoms with Crippen molar-refractivity contribution < 1.29 is 14.7 Å². The summed E-state index contributed by atoms with van der Waals surface area (Å²) in [6, 6.07) is 11.5. The van der Waals surface area contributed by atoms with Crippen LogP contribution in [-0.2, 0) is 4.79 Å². The number of amides is 2. The number of rotatable bonds is 4. The van der Waals surface area contributed by atoms with E-state index < -0.39 is 6.09 Å². The van der Waals surface area contributed by atoms with Crippen LogP contribution in [-0.4, -0.2) is 66.3 Å². The molecule has 0 atom stereocenters. The van der Waals surface area contributed by atoms with Crippen molar-refractivity contribution in [3.8, 4) is 0 Å². The Labute approximate surface area is 182 Å². The Bertz CT molecular complexity index is 938. The predicted octanol–water partition coefficient (Wildman–Crippen LogP) is 3.41. The maximum Gasteiger partial charge on any atom is 0.411 e. The van der Waals surface area contributed by atoms with Gasteiger partial charge in [-0.1, -0.05) is 26.0 Å². The Hall–Kier alpha value is -3.29. The molecule has 0 saturated carbocycles. The number of aromatic nitrogens is 1. The lowest BCUT2D eigenvalue weighted by molar-refractivity contribution is -0.132. The molecule has 1 N–H and O–H groups in total. The number of hydrogen-bond donors (Lipinski definition) is 1. The van der Waals surface area contributed by atoms with Gasteiger partial charge < -0.3 is 19.8 Å². The van der Waals surface area contributed by atoms with Gasteiger partial charge in [-0.15, -0.1) is 0 Å². The van der Waals surface area contributed by atoms with Crippen LogP contribution in [0.4, 0.5) is 27.7 Å². The zero-order valence-corrected chi connectivity index (χ0v) is 18.1. The molecular formula is C23H29N5O3. The Kier molecular flexibility index (Phi) is 5.97. The first kappa shape index (κ1) is 21.0. The molecule has 3 heterocycles. The lowest BCUT2D eigenvalue weighted by Crippen LogP contribution is -2.49. The summed E-state index contributed by atoms with van der Waals surface area (Å²) in [6.45, 7) is 8.14. The second kappa shape index (κ2) is 8.83. The van der Waals surface area contributed by atoms with E-state index >= 15 is 0 Å². The molecule has 164 valence electrons. The molecule has 0 spiro atoms. The molecule has 2 aliphatic heterocycles. The molecule has 0 unspecified atom stereocenters. The second-order valence-corrected chi connectivity index (χ2v) is 8.41. The molecule has 31 heavy (non-hydrogen) atoms. The summed E-state index contributed by atoms with van der Waals surface area (Å²) in [5.41, 5.74) is 2.56. The number of nitrogens with zero attached hydrogens (tertiary/aromatic N) is 5. The maximum atomic E-state index is 12.3. The van der Waals surface area contributed by atoms with Crippen LogP contribution in [0.15, 0.2) is 42.6 Å². The molecule has 1 aromatic heterocycles. The van der Waals surface area contributed by atoms with Crippen molar-refractivity contribution in [1.29, 1.82) is 0 Å². The van der Waals surface area contributed by atoms with E-state index in [1.165, 1.54) is 4.90 Å². The number of benzene rings is 1. The third-order valence-electron chi connectivity index (χ3n) is 5.83. The molecule has 2 amide bonds. The summed E-state index contributed by atoms with van der Waals surface area (Å²) < 4.78 is 0. The van der Waals surface area contributed by atoms with Gasteiger partial charge in [0.05, 0.1) is 23.3 Å². The van der Waals surface area contributed by atoms with E-state index in [1.807, 2.05) is 41.4 Å². The number of hydrogen-bond acceptors (Lipinski definition) is 5. The van der Waals surface area contributed by atoms with Crippen molar-refractivity contribution in [3.63, 3.8) is 0 Å². The van der Waals surface area contributed by atoms with Crippen LogP contribution >= 0.6 is 0 Å². The van der Waals surface area contributed by atoms with Gasteiger partial charge in [0.2, 0.25) is 5.91 Å². The van der Waals surface area contributed by atoms with Crippen LogP contribution in [0, 0.1) is 5.92 Å². The SMILES string of the molecule is CC(C)CC(=O)N1CCN(c2ccc(N3CCN(C(=O)O)c4ccccc43)nc2)CC1. The lowest BCUT2D eigenvalue weighted by atomic mass is 10.1. The highest BCUT2D eigenvalue weighted by Crippen LogP contribution is 2.37. The second-order valence-electron chi connectivity index (χ2n) is 8.41. The van der Waals surface area contributed by atoms with Gasteiger partial charge in [0.1, 0.15) is 5.82 Å². The predicted molar refractivity (Wildman–Crippen MR) is 121 cm³/mol. The van der Waals surface area contributed by atoms with E-state index in [4.69, 9.17) is 0 Å². The van der Waals surface area contributed by atoms with E-state index in [0.717, 1.165) is 43.4 Å². The third-order valence-corrected chi connectivity index (χ3v) is 5.83. The van der Waals surface area contributed by atoms with Crippen LogP contribution in [0.2, 0.25) is 0 Å². The summed E-state index contributed by atoms with van der Waals surface area (Å²) in [5, 5.41) is 9.48. The highest BCUT2D eigenvalue weighted by Gasteiger charge is 2.28. The number of pyridine rings is 1. The highest BCUT2D eigenvalue weighted by atomic mass is 16.4. The van der Waals surface area contributed by atoms with Crippen molar-refractivity contribution in [2.75, 3.05) is 54.0 Å². The van der Waals surface area contributed by atoms with Crippen molar-refractivity contribution in [2.24, 2.45) is 5.92 Å². The van der Waals surface area contributed by atoms with Crippen LogP contribution in [0.3, 0.4) is 0 Å². The number of carbonyl (C=O) groups excluding carboxylic acids is 1. The average Bonchev–Trinajstić information content (AvgIpc) is 2.78. The molecule has 8 heteroatoms. The number of para-hydroxylation sites is 2. The molecule has 0 aliphatic carbocycles. The first-order valence-electron chi connectivity index (χ1n) is 10.8. The normalized spacial score (nSPS) is 16.5. The van der Waals surface area contributed by atoms with Crippen LogP contribution in [0.1, 0.15) is 20.3 Å². The summed E-state index contributed by atoms with van der Waals surface area (Å²) in [4.78, 5) is 36.2. The fourth-order valence-corrected chi connectivity index (χ4v) is 4.22. The monoisotopic (exact) mass is 423 g/mol. The Morgan fingerprint density at radius 3 is 2.29 bits per heavy atom.